The summed E-state index contributed by atoms with van der Waals surface area (Å²) in [5.74, 6) is -1.34. The van der Waals surface area contributed by atoms with E-state index in [0.717, 1.165) is 6.07 Å². The first kappa shape index (κ1) is 16.2. The number of halogens is 3. The third kappa shape index (κ3) is 3.52. The predicted molar refractivity (Wildman–Crippen MR) is 83.5 cm³/mol. The van der Waals surface area contributed by atoms with Gasteiger partial charge in [-0.25, -0.2) is 22.8 Å². The maximum absolute atomic E-state index is 13.8. The largest absolute Gasteiger partial charge is 0.480 e. The van der Waals surface area contributed by atoms with Crippen LogP contribution in [0.1, 0.15) is 0 Å². The fourth-order valence-corrected chi connectivity index (χ4v) is 3.22. The van der Waals surface area contributed by atoms with Crippen LogP contribution in [-0.4, -0.2) is 25.5 Å². The zero-order valence-corrected chi connectivity index (χ0v) is 14.2. The lowest BCUT2D eigenvalue weighted by Crippen LogP contribution is -2.17. The molecule has 0 aromatic carbocycles. The van der Waals surface area contributed by atoms with E-state index in [2.05, 4.69) is 9.97 Å². The van der Waals surface area contributed by atoms with Crippen LogP contribution in [0.5, 0.6) is 5.88 Å². The number of ether oxygens (including phenoxy) is 1. The van der Waals surface area contributed by atoms with Crippen LogP contribution >= 0.6 is 34.2 Å². The first-order chi connectivity index (χ1) is 9.85. The molecule has 0 atom stereocenters. The van der Waals surface area contributed by atoms with Crippen LogP contribution in [0.3, 0.4) is 0 Å². The molecule has 112 valence electrons. The molecule has 2 aromatic heterocycles. The second kappa shape index (κ2) is 6.28. The van der Waals surface area contributed by atoms with E-state index in [4.69, 9.17) is 16.3 Å². The Morgan fingerprint density at radius 1 is 1.43 bits per heavy atom. The first-order valence-corrected chi connectivity index (χ1v) is 8.31. The van der Waals surface area contributed by atoms with Crippen LogP contribution in [0, 0.1) is 9.39 Å². The Balaban J connectivity index is 2.48. The number of rotatable bonds is 4. The topological polar surface area (TPSA) is 81.2 Å². The van der Waals surface area contributed by atoms with E-state index in [-0.39, 0.29) is 19.4 Å². The van der Waals surface area contributed by atoms with Crippen molar-refractivity contribution in [2.45, 2.75) is 4.90 Å². The summed E-state index contributed by atoms with van der Waals surface area (Å²) < 4.78 is 45.6. The molecule has 10 heteroatoms. The van der Waals surface area contributed by atoms with Crippen molar-refractivity contribution in [3.63, 3.8) is 0 Å². The summed E-state index contributed by atoms with van der Waals surface area (Å²) in [5.41, 5.74) is 0. The van der Waals surface area contributed by atoms with E-state index in [9.17, 15) is 12.8 Å². The van der Waals surface area contributed by atoms with Crippen molar-refractivity contribution < 1.29 is 17.5 Å². The first-order valence-electron chi connectivity index (χ1n) is 5.37. The van der Waals surface area contributed by atoms with Crippen molar-refractivity contribution >= 4 is 50.0 Å². The van der Waals surface area contributed by atoms with Crippen molar-refractivity contribution in [1.82, 2.24) is 9.97 Å². The van der Waals surface area contributed by atoms with Gasteiger partial charge in [0.05, 0.1) is 15.7 Å². The van der Waals surface area contributed by atoms with Crippen LogP contribution in [0.15, 0.2) is 29.4 Å². The van der Waals surface area contributed by atoms with Gasteiger partial charge in [-0.2, -0.15) is 0 Å². The standard InChI is InChI=1S/C11H8ClFIN3O3S/c1-20-11-8(4-6(12)5-16-11)21(18,19)17-10-9(13)7(14)2-3-15-10/h2-5H,1H3,(H,15,17). The number of hydrogen-bond acceptors (Lipinski definition) is 5. The van der Waals surface area contributed by atoms with Crippen molar-refractivity contribution in [2.24, 2.45) is 0 Å². The lowest BCUT2D eigenvalue weighted by Gasteiger charge is -2.11. The molecule has 0 spiro atoms. The summed E-state index contributed by atoms with van der Waals surface area (Å²) in [6, 6.07) is 2.57. The molecule has 6 nitrogen and oxygen atoms in total. The maximum Gasteiger partial charge on any atom is 0.268 e. The highest BCUT2D eigenvalue weighted by atomic mass is 127. The molecule has 0 saturated heterocycles. The average Bonchev–Trinajstić information content (AvgIpc) is 2.44. The number of sulfonamides is 1. The smallest absolute Gasteiger partial charge is 0.268 e. The van der Waals surface area contributed by atoms with Gasteiger partial charge in [-0.05, 0) is 34.7 Å². The molecule has 0 aliphatic heterocycles. The van der Waals surface area contributed by atoms with E-state index in [1.54, 1.807) is 22.6 Å². The normalized spacial score (nSPS) is 11.2. The van der Waals surface area contributed by atoms with Crippen LogP contribution in [0.2, 0.25) is 5.02 Å². The minimum Gasteiger partial charge on any atom is -0.480 e. The maximum atomic E-state index is 13.8. The van der Waals surface area contributed by atoms with Gasteiger partial charge in [-0.15, -0.1) is 0 Å². The van der Waals surface area contributed by atoms with Gasteiger partial charge in [0.1, 0.15) is 0 Å². The average molecular weight is 444 g/mol. The summed E-state index contributed by atoms with van der Waals surface area (Å²) in [5, 5.41) is 0.104. The summed E-state index contributed by atoms with van der Waals surface area (Å²) in [6.07, 6.45) is 2.53. The SMILES string of the molecule is COc1ncc(Cl)cc1S(=O)(=O)Nc1nccc(I)c1F. The Morgan fingerprint density at radius 3 is 2.81 bits per heavy atom. The Morgan fingerprint density at radius 2 is 2.14 bits per heavy atom. The summed E-state index contributed by atoms with van der Waals surface area (Å²) >= 11 is 7.47. The quantitative estimate of drug-likeness (QED) is 0.735. The predicted octanol–water partition coefficient (Wildman–Crippen LogP) is 2.68. The molecule has 0 unspecified atom stereocenters. The molecule has 21 heavy (non-hydrogen) atoms. The highest BCUT2D eigenvalue weighted by Gasteiger charge is 2.23. The highest BCUT2D eigenvalue weighted by molar-refractivity contribution is 14.1. The number of nitrogens with one attached hydrogen (secondary N) is 1. The summed E-state index contributed by atoms with van der Waals surface area (Å²) in [6.45, 7) is 0. The van der Waals surface area contributed by atoms with Gasteiger partial charge >= 0.3 is 0 Å². The molecule has 2 heterocycles. The molecule has 0 saturated carbocycles. The molecular formula is C11H8ClFIN3O3S. The molecule has 0 fully saturated rings. The fraction of sp³-hybridized carbons (Fsp3) is 0.0909. The van der Waals surface area contributed by atoms with Gasteiger partial charge in [0.25, 0.3) is 10.0 Å². The third-order valence-corrected chi connectivity index (χ3v) is 4.71. The van der Waals surface area contributed by atoms with Gasteiger partial charge in [0.15, 0.2) is 16.5 Å². The third-order valence-electron chi connectivity index (χ3n) is 2.34. The minimum absolute atomic E-state index is 0.104. The second-order valence-electron chi connectivity index (χ2n) is 3.72. The summed E-state index contributed by atoms with van der Waals surface area (Å²) in [7, 11) is -2.88. The van der Waals surface area contributed by atoms with Crippen LogP contribution in [-0.2, 0) is 10.0 Å². The molecule has 0 aliphatic rings. The molecule has 2 aromatic rings. The van der Waals surface area contributed by atoms with E-state index >= 15 is 0 Å². The lowest BCUT2D eigenvalue weighted by atomic mass is 10.4. The minimum atomic E-state index is -4.15. The Bertz CT molecular complexity index is 788. The number of anilines is 1. The molecule has 1 N–H and O–H groups in total. The number of pyridine rings is 2. The van der Waals surface area contributed by atoms with Gasteiger partial charge in [0.2, 0.25) is 5.88 Å². The number of nitrogens with zero attached hydrogens (tertiary/aromatic N) is 2. The number of methoxy groups -OCH3 is 1. The fourth-order valence-electron chi connectivity index (χ4n) is 1.43. The van der Waals surface area contributed by atoms with Gasteiger partial charge < -0.3 is 4.74 Å². The Kier molecular flexibility index (Phi) is 4.84. The molecule has 0 aliphatic carbocycles. The zero-order chi connectivity index (χ0) is 15.6. The van der Waals surface area contributed by atoms with Crippen LogP contribution in [0.25, 0.3) is 0 Å². The van der Waals surface area contributed by atoms with Crippen molar-refractivity contribution in [3.05, 3.63) is 38.9 Å². The van der Waals surface area contributed by atoms with Crippen LogP contribution in [0.4, 0.5) is 10.2 Å². The number of aromatic nitrogens is 2. The van der Waals surface area contributed by atoms with Crippen LogP contribution < -0.4 is 9.46 Å². The van der Waals surface area contributed by atoms with E-state index < -0.39 is 21.7 Å². The second-order valence-corrected chi connectivity index (χ2v) is 6.97. The molecular weight excluding hydrogens is 436 g/mol. The molecule has 0 radical (unpaired) electrons. The number of hydrogen-bond donors (Lipinski definition) is 1. The summed E-state index contributed by atoms with van der Waals surface area (Å²) in [4.78, 5) is 7.11. The zero-order valence-electron chi connectivity index (χ0n) is 10.5. The molecule has 0 bridgehead atoms. The van der Waals surface area contributed by atoms with Crippen molar-refractivity contribution in [1.29, 1.82) is 0 Å². The van der Waals surface area contributed by atoms with Crippen molar-refractivity contribution in [2.75, 3.05) is 11.8 Å². The molecule has 2 rings (SSSR count). The van der Waals surface area contributed by atoms with Gasteiger partial charge in [0, 0.05) is 12.4 Å². The highest BCUT2D eigenvalue weighted by Crippen LogP contribution is 2.27. The lowest BCUT2D eigenvalue weighted by molar-refractivity contribution is 0.385. The van der Waals surface area contributed by atoms with E-state index in [1.807, 2.05) is 4.72 Å². The molecule has 0 amide bonds. The van der Waals surface area contributed by atoms with E-state index in [1.165, 1.54) is 25.6 Å². The van der Waals surface area contributed by atoms with Gasteiger partial charge in [-0.1, -0.05) is 11.6 Å². The Hall–Kier alpha value is -1.20. The Labute approximate surface area is 138 Å². The van der Waals surface area contributed by atoms with E-state index in [0.29, 0.717) is 0 Å². The monoisotopic (exact) mass is 443 g/mol. The van der Waals surface area contributed by atoms with Crippen molar-refractivity contribution in [3.8, 4) is 5.88 Å². The van der Waals surface area contributed by atoms with Gasteiger partial charge in [-0.3, -0.25) is 4.72 Å².